The van der Waals surface area contributed by atoms with Crippen molar-refractivity contribution < 1.29 is 0 Å². The van der Waals surface area contributed by atoms with Crippen LogP contribution in [-0.4, -0.2) is 15.1 Å². The molecule has 1 aromatic heterocycles. The van der Waals surface area contributed by atoms with Gasteiger partial charge < -0.3 is 5.32 Å². The maximum atomic E-state index is 4.27. The fraction of sp³-hybridized carbons (Fsp3) is 0.467. The molecule has 0 radical (unpaired) electrons. The first-order valence-electron chi connectivity index (χ1n) is 6.65. The summed E-state index contributed by atoms with van der Waals surface area (Å²) in [4.78, 5) is 1.19. The van der Waals surface area contributed by atoms with Crippen molar-refractivity contribution >= 4 is 11.5 Å². The Labute approximate surface area is 119 Å². The molecule has 0 fully saturated rings. The van der Waals surface area contributed by atoms with Crippen LogP contribution in [0.15, 0.2) is 24.3 Å². The molecule has 0 saturated carbocycles. The third-order valence-corrected chi connectivity index (χ3v) is 3.69. The molecule has 0 aliphatic carbocycles. The molecule has 0 spiro atoms. The van der Waals surface area contributed by atoms with Crippen LogP contribution in [0.25, 0.3) is 11.3 Å². The van der Waals surface area contributed by atoms with E-state index in [1.807, 2.05) is 0 Å². The van der Waals surface area contributed by atoms with Gasteiger partial charge in [0.25, 0.3) is 0 Å². The number of hydrogen-bond acceptors (Lipinski definition) is 4. The summed E-state index contributed by atoms with van der Waals surface area (Å²) in [5.74, 6) is 0. The van der Waals surface area contributed by atoms with Crippen LogP contribution in [-0.2, 0) is 13.0 Å². The molecule has 2 aromatic rings. The lowest BCUT2D eigenvalue weighted by Crippen LogP contribution is -2.34. The zero-order valence-electron chi connectivity index (χ0n) is 12.0. The molecule has 0 unspecified atom stereocenters. The van der Waals surface area contributed by atoms with E-state index in [1.165, 1.54) is 22.0 Å². The van der Waals surface area contributed by atoms with E-state index in [4.69, 9.17) is 0 Å². The van der Waals surface area contributed by atoms with Crippen molar-refractivity contribution in [2.24, 2.45) is 0 Å². The van der Waals surface area contributed by atoms with Gasteiger partial charge in [0, 0.05) is 17.6 Å². The third-order valence-electron chi connectivity index (χ3n) is 2.97. The highest BCUT2D eigenvalue weighted by Gasteiger charge is 2.14. The fourth-order valence-electron chi connectivity index (χ4n) is 1.79. The second-order valence-electron chi connectivity index (χ2n) is 5.70. The van der Waals surface area contributed by atoms with E-state index < -0.39 is 0 Å². The van der Waals surface area contributed by atoms with E-state index in [1.54, 1.807) is 0 Å². The van der Waals surface area contributed by atoms with Gasteiger partial charge in [-0.05, 0) is 44.3 Å². The number of nitrogens with zero attached hydrogens (tertiary/aromatic N) is 2. The highest BCUT2D eigenvalue weighted by Crippen LogP contribution is 2.24. The van der Waals surface area contributed by atoms with Crippen molar-refractivity contribution in [2.45, 2.75) is 46.2 Å². The first-order valence-corrected chi connectivity index (χ1v) is 7.42. The standard InChI is InChI=1S/C15H21N3S/c1-5-11-6-8-12(9-7-11)14-13(19-18-17-14)10-16-15(2,3)4/h6-9,16H,5,10H2,1-4H3. The van der Waals surface area contributed by atoms with Crippen molar-refractivity contribution in [3.05, 3.63) is 34.7 Å². The lowest BCUT2D eigenvalue weighted by atomic mass is 10.1. The Kier molecular flexibility index (Phi) is 4.32. The topological polar surface area (TPSA) is 37.8 Å². The third kappa shape index (κ3) is 3.85. The molecule has 2 rings (SSSR count). The SMILES string of the molecule is CCc1ccc(-c2nnsc2CNC(C)(C)C)cc1. The lowest BCUT2D eigenvalue weighted by Gasteiger charge is -2.19. The van der Waals surface area contributed by atoms with Crippen molar-refractivity contribution in [1.82, 2.24) is 14.9 Å². The second kappa shape index (κ2) is 5.80. The van der Waals surface area contributed by atoms with Crippen LogP contribution in [0, 0.1) is 0 Å². The van der Waals surface area contributed by atoms with Crippen LogP contribution in [0.5, 0.6) is 0 Å². The van der Waals surface area contributed by atoms with E-state index in [0.29, 0.717) is 0 Å². The van der Waals surface area contributed by atoms with Crippen LogP contribution >= 0.6 is 11.5 Å². The van der Waals surface area contributed by atoms with Crippen molar-refractivity contribution in [2.75, 3.05) is 0 Å². The number of benzene rings is 1. The summed E-state index contributed by atoms with van der Waals surface area (Å²) in [6, 6.07) is 8.59. The minimum Gasteiger partial charge on any atom is -0.307 e. The average Bonchev–Trinajstić information content (AvgIpc) is 2.84. The Bertz CT molecular complexity index is 523. The van der Waals surface area contributed by atoms with Gasteiger partial charge in [0.15, 0.2) is 0 Å². The first-order chi connectivity index (χ1) is 8.99. The summed E-state index contributed by atoms with van der Waals surface area (Å²) in [7, 11) is 0. The minimum absolute atomic E-state index is 0.104. The van der Waals surface area contributed by atoms with Gasteiger partial charge in [0.1, 0.15) is 5.69 Å². The quantitative estimate of drug-likeness (QED) is 0.925. The van der Waals surface area contributed by atoms with E-state index >= 15 is 0 Å². The Morgan fingerprint density at radius 3 is 2.42 bits per heavy atom. The van der Waals surface area contributed by atoms with Crippen molar-refractivity contribution in [1.29, 1.82) is 0 Å². The smallest absolute Gasteiger partial charge is 0.110 e. The Morgan fingerprint density at radius 1 is 1.16 bits per heavy atom. The second-order valence-corrected chi connectivity index (χ2v) is 6.54. The van der Waals surface area contributed by atoms with E-state index in [0.717, 1.165) is 24.2 Å². The van der Waals surface area contributed by atoms with Crippen LogP contribution in [0.1, 0.15) is 38.1 Å². The van der Waals surface area contributed by atoms with Crippen LogP contribution in [0.4, 0.5) is 0 Å². The van der Waals surface area contributed by atoms with Crippen LogP contribution in [0.3, 0.4) is 0 Å². The van der Waals surface area contributed by atoms with Gasteiger partial charge in [-0.2, -0.15) is 0 Å². The molecule has 1 heterocycles. The molecule has 0 bridgehead atoms. The van der Waals surface area contributed by atoms with E-state index in [-0.39, 0.29) is 5.54 Å². The number of rotatable bonds is 4. The summed E-state index contributed by atoms with van der Waals surface area (Å²) < 4.78 is 4.09. The molecular formula is C15H21N3S. The first kappa shape index (κ1) is 14.2. The Hall–Kier alpha value is -1.26. The van der Waals surface area contributed by atoms with Gasteiger partial charge in [-0.3, -0.25) is 0 Å². The number of aromatic nitrogens is 2. The predicted octanol–water partition coefficient (Wildman–Crippen LogP) is 3.66. The predicted molar refractivity (Wildman–Crippen MR) is 81.3 cm³/mol. The molecule has 1 aromatic carbocycles. The molecule has 3 nitrogen and oxygen atoms in total. The number of hydrogen-bond donors (Lipinski definition) is 1. The van der Waals surface area contributed by atoms with Gasteiger partial charge in [-0.25, -0.2) is 0 Å². The zero-order chi connectivity index (χ0) is 13.9. The molecule has 0 atom stereocenters. The molecule has 0 aliphatic rings. The molecule has 0 saturated heterocycles. The van der Waals surface area contributed by atoms with Crippen LogP contribution in [0.2, 0.25) is 0 Å². The largest absolute Gasteiger partial charge is 0.307 e. The summed E-state index contributed by atoms with van der Waals surface area (Å²) in [6.07, 6.45) is 1.06. The highest BCUT2D eigenvalue weighted by molar-refractivity contribution is 7.05. The van der Waals surface area contributed by atoms with E-state index in [9.17, 15) is 0 Å². The fourth-order valence-corrected chi connectivity index (χ4v) is 2.39. The van der Waals surface area contributed by atoms with Gasteiger partial charge in [0.05, 0.1) is 4.88 Å². The van der Waals surface area contributed by atoms with E-state index in [2.05, 4.69) is 66.9 Å². The van der Waals surface area contributed by atoms with Gasteiger partial charge >= 0.3 is 0 Å². The average molecular weight is 275 g/mol. The molecule has 4 heteroatoms. The zero-order valence-corrected chi connectivity index (χ0v) is 12.8. The van der Waals surface area contributed by atoms with Gasteiger partial charge in [-0.15, -0.1) is 5.10 Å². The summed E-state index contributed by atoms with van der Waals surface area (Å²) in [5.41, 5.74) is 3.61. The van der Waals surface area contributed by atoms with Gasteiger partial charge in [0.2, 0.25) is 0 Å². The van der Waals surface area contributed by atoms with Crippen molar-refractivity contribution in [3.63, 3.8) is 0 Å². The number of nitrogens with one attached hydrogen (secondary N) is 1. The van der Waals surface area contributed by atoms with Crippen molar-refractivity contribution in [3.8, 4) is 11.3 Å². The summed E-state index contributed by atoms with van der Waals surface area (Å²) in [6.45, 7) is 9.47. The molecule has 0 amide bonds. The lowest BCUT2D eigenvalue weighted by molar-refractivity contribution is 0.426. The number of aryl methyl sites for hydroxylation is 1. The Morgan fingerprint density at radius 2 is 1.84 bits per heavy atom. The molecule has 1 N–H and O–H groups in total. The monoisotopic (exact) mass is 275 g/mol. The maximum Gasteiger partial charge on any atom is 0.110 e. The molecule has 102 valence electrons. The minimum atomic E-state index is 0.104. The summed E-state index contributed by atoms with van der Waals surface area (Å²) in [5, 5.41) is 7.76. The maximum absolute atomic E-state index is 4.27. The van der Waals surface area contributed by atoms with Gasteiger partial charge in [-0.1, -0.05) is 35.7 Å². The summed E-state index contributed by atoms with van der Waals surface area (Å²) >= 11 is 1.47. The molecule has 19 heavy (non-hydrogen) atoms. The van der Waals surface area contributed by atoms with Crippen LogP contribution < -0.4 is 5.32 Å². The molecule has 0 aliphatic heterocycles. The Balaban J connectivity index is 2.18. The molecular weight excluding hydrogens is 254 g/mol. The normalized spacial score (nSPS) is 11.8. The highest BCUT2D eigenvalue weighted by atomic mass is 32.1.